The molecule has 1 aliphatic carbocycles. The number of hydrogen-bond acceptors (Lipinski definition) is 6. The van der Waals surface area contributed by atoms with Gasteiger partial charge in [-0.3, -0.25) is 4.98 Å². The van der Waals surface area contributed by atoms with Gasteiger partial charge in [-0.1, -0.05) is 0 Å². The predicted molar refractivity (Wildman–Crippen MR) is 73.0 cm³/mol. The van der Waals surface area contributed by atoms with Gasteiger partial charge in [0, 0.05) is 18.4 Å². The first kappa shape index (κ1) is 11.3. The molecule has 3 aromatic rings. The number of nitrogens with zero attached hydrogens (tertiary/aromatic N) is 6. The van der Waals surface area contributed by atoms with Crippen LogP contribution in [-0.4, -0.2) is 29.7 Å². The van der Waals surface area contributed by atoms with E-state index in [0.29, 0.717) is 18.2 Å². The fourth-order valence-electron chi connectivity index (χ4n) is 2.17. The van der Waals surface area contributed by atoms with Crippen LogP contribution in [0.25, 0.3) is 11.2 Å². The molecule has 20 heavy (non-hydrogen) atoms. The lowest BCUT2D eigenvalue weighted by Gasteiger charge is -2.07. The minimum Gasteiger partial charge on any atom is -0.363 e. The van der Waals surface area contributed by atoms with E-state index in [2.05, 4.69) is 35.0 Å². The SMILES string of the molecule is c1cnc2nc(NCc3nncn3C3CC3)ccc2n1. The molecule has 0 unspecified atom stereocenters. The van der Waals surface area contributed by atoms with Gasteiger partial charge in [0.25, 0.3) is 0 Å². The van der Waals surface area contributed by atoms with Crippen molar-refractivity contribution in [2.24, 2.45) is 0 Å². The lowest BCUT2D eigenvalue weighted by molar-refractivity contribution is 0.689. The lowest BCUT2D eigenvalue weighted by atomic mass is 10.4. The van der Waals surface area contributed by atoms with Crippen molar-refractivity contribution >= 4 is 17.0 Å². The predicted octanol–water partition coefficient (Wildman–Crippen LogP) is 1.56. The number of anilines is 1. The third-order valence-corrected chi connectivity index (χ3v) is 3.35. The highest BCUT2D eigenvalue weighted by molar-refractivity contribution is 5.71. The fourth-order valence-corrected chi connectivity index (χ4v) is 2.17. The molecule has 1 aliphatic rings. The number of hydrogen-bond donors (Lipinski definition) is 1. The van der Waals surface area contributed by atoms with Crippen LogP contribution in [0.15, 0.2) is 30.9 Å². The van der Waals surface area contributed by atoms with Gasteiger partial charge in [-0.15, -0.1) is 10.2 Å². The monoisotopic (exact) mass is 267 g/mol. The van der Waals surface area contributed by atoms with E-state index in [-0.39, 0.29) is 0 Å². The second-order valence-electron chi connectivity index (χ2n) is 4.83. The molecule has 0 amide bonds. The average molecular weight is 267 g/mol. The van der Waals surface area contributed by atoms with Crippen molar-refractivity contribution in [2.75, 3.05) is 5.32 Å². The highest BCUT2D eigenvalue weighted by Gasteiger charge is 2.25. The largest absolute Gasteiger partial charge is 0.363 e. The van der Waals surface area contributed by atoms with Gasteiger partial charge in [0.15, 0.2) is 11.5 Å². The molecule has 0 aromatic carbocycles. The zero-order chi connectivity index (χ0) is 13.4. The van der Waals surface area contributed by atoms with Gasteiger partial charge in [-0.25, -0.2) is 9.97 Å². The summed E-state index contributed by atoms with van der Waals surface area (Å²) in [5, 5.41) is 11.4. The summed E-state index contributed by atoms with van der Waals surface area (Å²) in [5.74, 6) is 1.71. The summed E-state index contributed by atoms with van der Waals surface area (Å²) in [6.07, 6.45) is 7.54. The second-order valence-corrected chi connectivity index (χ2v) is 4.83. The Hall–Kier alpha value is -2.57. The maximum atomic E-state index is 4.42. The van der Waals surface area contributed by atoms with E-state index >= 15 is 0 Å². The van der Waals surface area contributed by atoms with E-state index in [9.17, 15) is 0 Å². The molecule has 100 valence electrons. The molecule has 0 atom stereocenters. The van der Waals surface area contributed by atoms with Crippen LogP contribution >= 0.6 is 0 Å². The lowest BCUT2D eigenvalue weighted by Crippen LogP contribution is -2.08. The molecular formula is C13H13N7. The summed E-state index contributed by atoms with van der Waals surface area (Å²) in [4.78, 5) is 12.8. The molecule has 7 nitrogen and oxygen atoms in total. The van der Waals surface area contributed by atoms with Gasteiger partial charge in [-0.2, -0.15) is 0 Å². The van der Waals surface area contributed by atoms with E-state index in [0.717, 1.165) is 17.2 Å². The van der Waals surface area contributed by atoms with Crippen molar-refractivity contribution in [3.63, 3.8) is 0 Å². The molecule has 0 spiro atoms. The third-order valence-electron chi connectivity index (χ3n) is 3.35. The molecule has 0 radical (unpaired) electrons. The first-order valence-corrected chi connectivity index (χ1v) is 6.60. The Morgan fingerprint density at radius 2 is 2.10 bits per heavy atom. The summed E-state index contributed by atoms with van der Waals surface area (Å²) < 4.78 is 2.13. The standard InChI is InChI=1S/C13H13N7/c1-2-9(1)20-8-17-19-12(20)7-16-11-4-3-10-13(18-11)15-6-5-14-10/h3-6,8-9H,1-2,7H2,(H,15,16,18). The van der Waals surface area contributed by atoms with Crippen molar-refractivity contribution in [3.8, 4) is 0 Å². The Kier molecular flexibility index (Phi) is 2.55. The van der Waals surface area contributed by atoms with Crippen LogP contribution in [0, 0.1) is 0 Å². The van der Waals surface area contributed by atoms with Crippen molar-refractivity contribution in [1.82, 2.24) is 29.7 Å². The summed E-state index contributed by atoms with van der Waals surface area (Å²) in [5.41, 5.74) is 1.43. The Balaban J connectivity index is 1.53. The maximum Gasteiger partial charge on any atom is 0.180 e. The van der Waals surface area contributed by atoms with Crippen molar-refractivity contribution in [2.45, 2.75) is 25.4 Å². The molecule has 0 bridgehead atoms. The number of pyridine rings is 1. The second kappa shape index (κ2) is 4.52. The first-order valence-electron chi connectivity index (χ1n) is 6.60. The van der Waals surface area contributed by atoms with E-state index in [1.807, 2.05) is 12.1 Å². The molecule has 1 saturated carbocycles. The molecule has 4 rings (SSSR count). The molecule has 0 saturated heterocycles. The van der Waals surface area contributed by atoms with Crippen LogP contribution < -0.4 is 5.32 Å². The fraction of sp³-hybridized carbons (Fsp3) is 0.308. The number of fused-ring (bicyclic) bond motifs is 1. The summed E-state index contributed by atoms with van der Waals surface area (Å²) >= 11 is 0. The summed E-state index contributed by atoms with van der Waals surface area (Å²) in [6.45, 7) is 0.606. The molecule has 1 fully saturated rings. The molecule has 1 N–H and O–H groups in total. The average Bonchev–Trinajstić information content (AvgIpc) is 3.23. The van der Waals surface area contributed by atoms with Gasteiger partial charge < -0.3 is 9.88 Å². The first-order chi connectivity index (χ1) is 9.90. The molecule has 3 aromatic heterocycles. The van der Waals surface area contributed by atoms with Crippen LogP contribution in [0.5, 0.6) is 0 Å². The minimum absolute atomic E-state index is 0.581. The van der Waals surface area contributed by atoms with Gasteiger partial charge in [-0.05, 0) is 25.0 Å². The summed E-state index contributed by atoms with van der Waals surface area (Å²) in [7, 11) is 0. The zero-order valence-corrected chi connectivity index (χ0v) is 10.8. The topological polar surface area (TPSA) is 81.4 Å². The van der Waals surface area contributed by atoms with E-state index in [1.54, 1.807) is 18.7 Å². The number of aromatic nitrogens is 6. The Morgan fingerprint density at radius 1 is 1.20 bits per heavy atom. The van der Waals surface area contributed by atoms with Crippen molar-refractivity contribution in [1.29, 1.82) is 0 Å². The molecule has 3 heterocycles. The molecule has 7 heteroatoms. The van der Waals surface area contributed by atoms with Gasteiger partial charge in [0.1, 0.15) is 17.7 Å². The van der Waals surface area contributed by atoms with Crippen LogP contribution in [0.2, 0.25) is 0 Å². The Labute approximate surface area is 115 Å². The van der Waals surface area contributed by atoms with E-state index < -0.39 is 0 Å². The van der Waals surface area contributed by atoms with Gasteiger partial charge in [0.2, 0.25) is 0 Å². The van der Waals surface area contributed by atoms with Crippen LogP contribution in [0.4, 0.5) is 5.82 Å². The Bertz CT molecular complexity index is 747. The van der Waals surface area contributed by atoms with E-state index in [4.69, 9.17) is 0 Å². The number of nitrogens with one attached hydrogen (secondary N) is 1. The molecular weight excluding hydrogens is 254 g/mol. The van der Waals surface area contributed by atoms with Crippen LogP contribution in [0.3, 0.4) is 0 Å². The molecule has 0 aliphatic heterocycles. The quantitative estimate of drug-likeness (QED) is 0.772. The highest BCUT2D eigenvalue weighted by atomic mass is 15.3. The van der Waals surface area contributed by atoms with Crippen molar-refractivity contribution in [3.05, 3.63) is 36.7 Å². The van der Waals surface area contributed by atoms with Crippen LogP contribution in [-0.2, 0) is 6.54 Å². The highest BCUT2D eigenvalue weighted by Crippen LogP contribution is 2.35. The van der Waals surface area contributed by atoms with Crippen molar-refractivity contribution < 1.29 is 0 Å². The number of rotatable bonds is 4. The van der Waals surface area contributed by atoms with Gasteiger partial charge >= 0.3 is 0 Å². The third kappa shape index (κ3) is 2.07. The van der Waals surface area contributed by atoms with Crippen LogP contribution in [0.1, 0.15) is 24.7 Å². The van der Waals surface area contributed by atoms with E-state index in [1.165, 1.54) is 12.8 Å². The smallest absolute Gasteiger partial charge is 0.180 e. The van der Waals surface area contributed by atoms with Gasteiger partial charge in [0.05, 0.1) is 6.54 Å². The normalized spacial score (nSPS) is 14.6. The summed E-state index contributed by atoms with van der Waals surface area (Å²) in [6, 6.07) is 4.38. The zero-order valence-electron chi connectivity index (χ0n) is 10.8. The minimum atomic E-state index is 0.581. The maximum absolute atomic E-state index is 4.42. The Morgan fingerprint density at radius 3 is 3.00 bits per heavy atom.